The van der Waals surface area contributed by atoms with Crippen LogP contribution in [0, 0.1) is 0 Å². The number of hydrogen-bond donors (Lipinski definition) is 1. The van der Waals surface area contributed by atoms with E-state index in [0.29, 0.717) is 5.75 Å². The number of benzene rings is 1. The van der Waals surface area contributed by atoms with Crippen molar-refractivity contribution in [2.75, 3.05) is 7.11 Å². The number of rotatable bonds is 2. The minimum atomic E-state index is -0.993. The fourth-order valence-corrected chi connectivity index (χ4v) is 1.39. The van der Waals surface area contributed by atoms with Crippen molar-refractivity contribution in [3.63, 3.8) is 0 Å². The van der Waals surface area contributed by atoms with Gasteiger partial charge in [0.1, 0.15) is 11.5 Å². The van der Waals surface area contributed by atoms with Gasteiger partial charge in [-0.1, -0.05) is 6.08 Å². The van der Waals surface area contributed by atoms with E-state index in [1.54, 1.807) is 31.4 Å². The predicted molar refractivity (Wildman–Crippen MR) is 54.1 cm³/mol. The van der Waals surface area contributed by atoms with Gasteiger partial charge in [-0.25, -0.2) is 4.79 Å². The molecule has 0 amide bonds. The van der Waals surface area contributed by atoms with Gasteiger partial charge in [0.25, 0.3) is 0 Å². The van der Waals surface area contributed by atoms with Crippen LogP contribution in [0.15, 0.2) is 24.3 Å². The number of carbonyl (C=O) groups is 1. The standard InChI is InChI=1S/C11H10O4/c1-14-8-3-5-9-7(6-8)2-4-10(15-9)11(12)13/h2-6,10H,1H3,(H,12,13). The summed E-state index contributed by atoms with van der Waals surface area (Å²) in [5, 5.41) is 8.76. The van der Waals surface area contributed by atoms with Gasteiger partial charge in [0.2, 0.25) is 6.10 Å². The van der Waals surface area contributed by atoms with Crippen LogP contribution in [0.4, 0.5) is 0 Å². The Morgan fingerprint density at radius 3 is 3.00 bits per heavy atom. The van der Waals surface area contributed by atoms with E-state index in [1.165, 1.54) is 6.08 Å². The normalized spacial score (nSPS) is 17.8. The minimum absolute atomic E-state index is 0.561. The van der Waals surface area contributed by atoms with E-state index in [2.05, 4.69) is 0 Å². The number of methoxy groups -OCH3 is 1. The Balaban J connectivity index is 2.32. The van der Waals surface area contributed by atoms with Crippen LogP contribution < -0.4 is 9.47 Å². The van der Waals surface area contributed by atoms with E-state index in [4.69, 9.17) is 14.6 Å². The van der Waals surface area contributed by atoms with E-state index in [0.717, 1.165) is 11.3 Å². The Hall–Kier alpha value is -1.97. The zero-order chi connectivity index (χ0) is 10.8. The molecule has 1 aliphatic heterocycles. The Morgan fingerprint density at radius 1 is 1.53 bits per heavy atom. The molecule has 0 spiro atoms. The summed E-state index contributed by atoms with van der Waals surface area (Å²) in [6.45, 7) is 0. The van der Waals surface area contributed by atoms with Gasteiger partial charge in [0, 0.05) is 5.56 Å². The number of carboxylic acids is 1. The van der Waals surface area contributed by atoms with E-state index in [1.807, 2.05) is 0 Å². The highest BCUT2D eigenvalue weighted by Gasteiger charge is 2.20. The number of fused-ring (bicyclic) bond motifs is 1. The molecule has 1 aromatic rings. The lowest BCUT2D eigenvalue weighted by Gasteiger charge is -2.18. The fraction of sp³-hybridized carbons (Fsp3) is 0.182. The number of ether oxygens (including phenoxy) is 2. The molecule has 1 aromatic carbocycles. The zero-order valence-electron chi connectivity index (χ0n) is 8.14. The summed E-state index contributed by atoms with van der Waals surface area (Å²) < 4.78 is 10.3. The maximum absolute atomic E-state index is 10.7. The summed E-state index contributed by atoms with van der Waals surface area (Å²) in [5.74, 6) is 0.286. The second-order valence-electron chi connectivity index (χ2n) is 3.14. The molecule has 4 heteroatoms. The first-order valence-corrected chi connectivity index (χ1v) is 4.46. The van der Waals surface area contributed by atoms with Crippen molar-refractivity contribution < 1.29 is 19.4 Å². The van der Waals surface area contributed by atoms with Crippen LogP contribution >= 0.6 is 0 Å². The second kappa shape index (κ2) is 3.65. The second-order valence-corrected chi connectivity index (χ2v) is 3.14. The molecule has 0 aromatic heterocycles. The van der Waals surface area contributed by atoms with Gasteiger partial charge in [-0.3, -0.25) is 0 Å². The first kappa shape index (κ1) is 9.58. The molecule has 0 saturated carbocycles. The Labute approximate surface area is 86.7 Å². The number of aliphatic carboxylic acids is 1. The molecule has 1 N–H and O–H groups in total. The molecular weight excluding hydrogens is 196 g/mol. The molecule has 0 bridgehead atoms. The number of carboxylic acid groups (broad SMARTS) is 1. The van der Waals surface area contributed by atoms with Crippen molar-refractivity contribution in [2.24, 2.45) is 0 Å². The van der Waals surface area contributed by atoms with Crippen molar-refractivity contribution in [3.8, 4) is 11.5 Å². The van der Waals surface area contributed by atoms with Gasteiger partial charge in [-0.2, -0.15) is 0 Å². The summed E-state index contributed by atoms with van der Waals surface area (Å²) in [6, 6.07) is 5.23. The van der Waals surface area contributed by atoms with Crippen LogP contribution in [-0.4, -0.2) is 24.3 Å². The average molecular weight is 206 g/mol. The molecule has 78 valence electrons. The lowest BCUT2D eigenvalue weighted by Crippen LogP contribution is -2.26. The highest BCUT2D eigenvalue weighted by Crippen LogP contribution is 2.29. The van der Waals surface area contributed by atoms with Crippen LogP contribution in [0.5, 0.6) is 11.5 Å². The van der Waals surface area contributed by atoms with Crippen molar-refractivity contribution in [2.45, 2.75) is 6.10 Å². The Morgan fingerprint density at radius 2 is 2.33 bits per heavy atom. The molecule has 1 aliphatic rings. The molecule has 0 radical (unpaired) electrons. The highest BCUT2D eigenvalue weighted by molar-refractivity contribution is 5.79. The van der Waals surface area contributed by atoms with Crippen LogP contribution in [0.1, 0.15) is 5.56 Å². The van der Waals surface area contributed by atoms with Crippen LogP contribution in [0.3, 0.4) is 0 Å². The van der Waals surface area contributed by atoms with Crippen LogP contribution in [0.2, 0.25) is 0 Å². The van der Waals surface area contributed by atoms with Crippen LogP contribution in [0.25, 0.3) is 6.08 Å². The third kappa shape index (κ3) is 1.79. The molecule has 0 fully saturated rings. The molecule has 0 aliphatic carbocycles. The van der Waals surface area contributed by atoms with Gasteiger partial charge in [-0.05, 0) is 24.3 Å². The van der Waals surface area contributed by atoms with Gasteiger partial charge >= 0.3 is 5.97 Å². The molecule has 15 heavy (non-hydrogen) atoms. The van der Waals surface area contributed by atoms with Gasteiger partial charge < -0.3 is 14.6 Å². The SMILES string of the molecule is COc1ccc2c(c1)C=CC(C(=O)O)O2. The average Bonchev–Trinajstić information content (AvgIpc) is 2.27. The van der Waals surface area contributed by atoms with Crippen molar-refractivity contribution in [1.29, 1.82) is 0 Å². The third-order valence-corrected chi connectivity index (χ3v) is 2.16. The quantitative estimate of drug-likeness (QED) is 0.797. The fourth-order valence-electron chi connectivity index (χ4n) is 1.39. The Bertz CT molecular complexity index is 423. The van der Waals surface area contributed by atoms with Crippen molar-refractivity contribution in [3.05, 3.63) is 29.8 Å². The summed E-state index contributed by atoms with van der Waals surface area (Å²) >= 11 is 0. The zero-order valence-corrected chi connectivity index (χ0v) is 8.14. The first-order valence-electron chi connectivity index (χ1n) is 4.46. The maximum atomic E-state index is 10.7. The largest absolute Gasteiger partial charge is 0.497 e. The summed E-state index contributed by atoms with van der Waals surface area (Å²) in [6.07, 6.45) is 2.33. The maximum Gasteiger partial charge on any atom is 0.349 e. The van der Waals surface area contributed by atoms with E-state index < -0.39 is 12.1 Å². The summed E-state index contributed by atoms with van der Waals surface area (Å²) in [5.41, 5.74) is 0.826. The monoisotopic (exact) mass is 206 g/mol. The molecule has 4 nitrogen and oxygen atoms in total. The molecule has 0 saturated heterocycles. The van der Waals surface area contributed by atoms with Crippen LogP contribution in [-0.2, 0) is 4.79 Å². The van der Waals surface area contributed by atoms with Crippen molar-refractivity contribution >= 4 is 12.0 Å². The smallest absolute Gasteiger partial charge is 0.349 e. The third-order valence-electron chi connectivity index (χ3n) is 2.16. The Kier molecular flexibility index (Phi) is 2.33. The van der Waals surface area contributed by atoms with Gasteiger partial charge in [0.05, 0.1) is 7.11 Å². The highest BCUT2D eigenvalue weighted by atomic mass is 16.5. The lowest BCUT2D eigenvalue weighted by molar-refractivity contribution is -0.142. The molecule has 1 atom stereocenters. The van der Waals surface area contributed by atoms with E-state index in [9.17, 15) is 4.79 Å². The molecule has 1 heterocycles. The number of hydrogen-bond acceptors (Lipinski definition) is 3. The summed E-state index contributed by atoms with van der Waals surface area (Å²) in [7, 11) is 1.58. The molecule has 1 unspecified atom stereocenters. The topological polar surface area (TPSA) is 55.8 Å². The van der Waals surface area contributed by atoms with E-state index >= 15 is 0 Å². The molecule has 2 rings (SSSR count). The van der Waals surface area contributed by atoms with Crippen molar-refractivity contribution in [1.82, 2.24) is 0 Å². The van der Waals surface area contributed by atoms with Gasteiger partial charge in [0.15, 0.2) is 0 Å². The minimum Gasteiger partial charge on any atom is -0.497 e. The predicted octanol–water partition coefficient (Wildman–Crippen LogP) is 1.55. The van der Waals surface area contributed by atoms with Gasteiger partial charge in [-0.15, -0.1) is 0 Å². The van der Waals surface area contributed by atoms with E-state index in [-0.39, 0.29) is 0 Å². The first-order chi connectivity index (χ1) is 7.20. The molecular formula is C11H10O4. The summed E-state index contributed by atoms with van der Waals surface area (Å²) in [4.78, 5) is 10.7. The lowest BCUT2D eigenvalue weighted by atomic mass is 10.1.